The highest BCUT2D eigenvalue weighted by molar-refractivity contribution is 6.34. The SMILES string of the molecule is O=C(NC(=O)c1ccc(F)cc1Cl)Nc1ccccc1-c1ncc(O)[nH]1. The maximum absolute atomic E-state index is 13.0. The molecule has 26 heavy (non-hydrogen) atoms. The molecule has 1 heterocycles. The average Bonchev–Trinajstić information content (AvgIpc) is 3.01. The summed E-state index contributed by atoms with van der Waals surface area (Å²) in [7, 11) is 0. The van der Waals surface area contributed by atoms with Gasteiger partial charge in [0, 0.05) is 5.56 Å². The fraction of sp³-hybridized carbons (Fsp3) is 0. The van der Waals surface area contributed by atoms with Gasteiger partial charge in [0.1, 0.15) is 11.6 Å². The molecule has 0 saturated heterocycles. The van der Waals surface area contributed by atoms with Gasteiger partial charge in [-0.2, -0.15) is 0 Å². The second-order valence-corrected chi connectivity index (χ2v) is 5.60. The van der Waals surface area contributed by atoms with Crippen molar-refractivity contribution in [2.75, 3.05) is 5.32 Å². The second-order valence-electron chi connectivity index (χ2n) is 5.20. The summed E-state index contributed by atoms with van der Waals surface area (Å²) in [6.45, 7) is 0. The first kappa shape index (κ1) is 17.4. The van der Waals surface area contributed by atoms with Gasteiger partial charge < -0.3 is 15.4 Å². The molecule has 0 aliphatic carbocycles. The quantitative estimate of drug-likeness (QED) is 0.562. The number of amides is 3. The highest BCUT2D eigenvalue weighted by atomic mass is 35.5. The van der Waals surface area contributed by atoms with E-state index < -0.39 is 17.8 Å². The summed E-state index contributed by atoms with van der Waals surface area (Å²) in [4.78, 5) is 30.9. The Labute approximate surface area is 151 Å². The van der Waals surface area contributed by atoms with Gasteiger partial charge in [-0.15, -0.1) is 0 Å². The number of nitrogens with one attached hydrogen (secondary N) is 3. The lowest BCUT2D eigenvalue weighted by atomic mass is 10.1. The van der Waals surface area contributed by atoms with E-state index in [0.29, 0.717) is 17.1 Å². The van der Waals surface area contributed by atoms with Gasteiger partial charge in [0.15, 0.2) is 0 Å². The lowest BCUT2D eigenvalue weighted by molar-refractivity contribution is 0.0967. The zero-order valence-corrected chi connectivity index (χ0v) is 13.8. The van der Waals surface area contributed by atoms with Crippen LogP contribution < -0.4 is 10.6 Å². The van der Waals surface area contributed by atoms with E-state index in [1.807, 2.05) is 0 Å². The molecule has 9 heteroatoms. The Bertz CT molecular complexity index is 990. The number of aromatic hydroxyl groups is 1. The van der Waals surface area contributed by atoms with E-state index in [2.05, 4.69) is 20.6 Å². The number of aromatic amines is 1. The molecule has 3 aromatic rings. The molecule has 3 amide bonds. The van der Waals surface area contributed by atoms with Crippen molar-refractivity contribution in [3.63, 3.8) is 0 Å². The summed E-state index contributed by atoms with van der Waals surface area (Å²) in [6.07, 6.45) is 1.23. The predicted octanol–water partition coefficient (Wildman–Crippen LogP) is 3.54. The molecule has 0 unspecified atom stereocenters. The topological polar surface area (TPSA) is 107 Å². The van der Waals surface area contributed by atoms with Crippen LogP contribution in [0.4, 0.5) is 14.9 Å². The molecular weight excluding hydrogens is 363 g/mol. The van der Waals surface area contributed by atoms with E-state index in [0.717, 1.165) is 12.1 Å². The molecule has 0 bridgehead atoms. The normalized spacial score (nSPS) is 10.4. The summed E-state index contributed by atoms with van der Waals surface area (Å²) in [5.74, 6) is -1.15. The van der Waals surface area contributed by atoms with Crippen LogP contribution in [-0.2, 0) is 0 Å². The van der Waals surface area contributed by atoms with Crippen molar-refractivity contribution in [2.45, 2.75) is 0 Å². The van der Waals surface area contributed by atoms with E-state index in [9.17, 15) is 19.1 Å². The van der Waals surface area contributed by atoms with Gasteiger partial charge >= 0.3 is 6.03 Å². The minimum absolute atomic E-state index is 0.0348. The van der Waals surface area contributed by atoms with Crippen LogP contribution in [0.2, 0.25) is 5.02 Å². The Morgan fingerprint density at radius 1 is 1.19 bits per heavy atom. The van der Waals surface area contributed by atoms with E-state index in [-0.39, 0.29) is 16.5 Å². The lowest BCUT2D eigenvalue weighted by Gasteiger charge is -2.10. The minimum atomic E-state index is -0.807. The number of carbonyl (C=O) groups excluding carboxylic acids is 2. The Morgan fingerprint density at radius 3 is 2.65 bits per heavy atom. The van der Waals surface area contributed by atoms with Gasteiger partial charge in [-0.3, -0.25) is 10.1 Å². The number of carbonyl (C=O) groups is 2. The number of aromatic nitrogens is 2. The van der Waals surface area contributed by atoms with Gasteiger partial charge in [0.2, 0.25) is 5.88 Å². The molecule has 1 aromatic heterocycles. The van der Waals surface area contributed by atoms with Crippen LogP contribution in [0, 0.1) is 5.82 Å². The average molecular weight is 375 g/mol. The first-order chi connectivity index (χ1) is 12.4. The summed E-state index contributed by atoms with van der Waals surface area (Å²) >= 11 is 5.81. The molecule has 0 atom stereocenters. The summed E-state index contributed by atoms with van der Waals surface area (Å²) in [5, 5.41) is 13.9. The monoisotopic (exact) mass is 374 g/mol. The molecular formula is C17H12ClFN4O3. The summed E-state index contributed by atoms with van der Waals surface area (Å²) in [6, 6.07) is 9.10. The maximum Gasteiger partial charge on any atom is 0.326 e. The fourth-order valence-electron chi connectivity index (χ4n) is 2.24. The standard InChI is InChI=1S/C17H12ClFN4O3/c18-12-7-9(19)5-6-10(12)16(25)23-17(26)21-13-4-2-1-3-11(13)15-20-8-14(24)22-15/h1-8,24H,(H,20,22)(H2,21,23,25,26). The van der Waals surface area contributed by atoms with Gasteiger partial charge in [-0.25, -0.2) is 14.2 Å². The highest BCUT2D eigenvalue weighted by Gasteiger charge is 2.16. The number of hydrogen-bond acceptors (Lipinski definition) is 4. The number of imidazole rings is 1. The van der Waals surface area contributed by atoms with E-state index in [4.69, 9.17) is 11.6 Å². The van der Waals surface area contributed by atoms with Crippen LogP contribution in [-0.4, -0.2) is 27.0 Å². The number of urea groups is 1. The fourth-order valence-corrected chi connectivity index (χ4v) is 2.50. The molecule has 132 valence electrons. The van der Waals surface area contributed by atoms with Crippen molar-refractivity contribution in [3.05, 3.63) is 65.1 Å². The molecule has 0 aliphatic heterocycles. The third kappa shape index (κ3) is 3.81. The van der Waals surface area contributed by atoms with Crippen LogP contribution in [0.1, 0.15) is 10.4 Å². The number of para-hydroxylation sites is 1. The summed E-state index contributed by atoms with van der Waals surface area (Å²) < 4.78 is 13.0. The molecule has 4 N–H and O–H groups in total. The largest absolute Gasteiger partial charge is 0.493 e. The Kier molecular flexibility index (Phi) is 4.85. The molecule has 0 aliphatic rings. The number of anilines is 1. The number of imide groups is 1. The molecule has 7 nitrogen and oxygen atoms in total. The van der Waals surface area contributed by atoms with Gasteiger partial charge in [-0.05, 0) is 30.3 Å². The van der Waals surface area contributed by atoms with Gasteiger partial charge in [-0.1, -0.05) is 23.7 Å². The van der Waals surface area contributed by atoms with E-state index in [1.165, 1.54) is 12.3 Å². The van der Waals surface area contributed by atoms with Crippen LogP contribution in [0.15, 0.2) is 48.7 Å². The molecule has 3 rings (SSSR count). The van der Waals surface area contributed by atoms with Crippen LogP contribution >= 0.6 is 11.6 Å². The first-order valence-corrected chi connectivity index (χ1v) is 7.72. The maximum atomic E-state index is 13.0. The Morgan fingerprint density at radius 2 is 1.96 bits per heavy atom. The minimum Gasteiger partial charge on any atom is -0.493 e. The van der Waals surface area contributed by atoms with Crippen molar-refractivity contribution in [1.82, 2.24) is 15.3 Å². The predicted molar refractivity (Wildman–Crippen MR) is 93.6 cm³/mol. The Hall–Kier alpha value is -3.39. The number of H-pyrrole nitrogens is 1. The smallest absolute Gasteiger partial charge is 0.326 e. The van der Waals surface area contributed by atoms with Crippen molar-refractivity contribution < 1.29 is 19.1 Å². The van der Waals surface area contributed by atoms with Crippen LogP contribution in [0.5, 0.6) is 5.88 Å². The van der Waals surface area contributed by atoms with Gasteiger partial charge in [0.25, 0.3) is 5.91 Å². The molecule has 0 fully saturated rings. The number of nitrogens with zero attached hydrogens (tertiary/aromatic N) is 1. The molecule has 0 radical (unpaired) electrons. The highest BCUT2D eigenvalue weighted by Crippen LogP contribution is 2.26. The van der Waals surface area contributed by atoms with Crippen LogP contribution in [0.3, 0.4) is 0 Å². The van der Waals surface area contributed by atoms with E-state index in [1.54, 1.807) is 24.3 Å². The zero-order valence-electron chi connectivity index (χ0n) is 13.1. The summed E-state index contributed by atoms with van der Waals surface area (Å²) in [5.41, 5.74) is 0.833. The van der Waals surface area contributed by atoms with E-state index >= 15 is 0 Å². The third-order valence-electron chi connectivity index (χ3n) is 3.40. The van der Waals surface area contributed by atoms with Crippen molar-refractivity contribution in [2.24, 2.45) is 0 Å². The van der Waals surface area contributed by atoms with Crippen molar-refractivity contribution in [3.8, 4) is 17.3 Å². The van der Waals surface area contributed by atoms with Crippen molar-refractivity contribution in [1.29, 1.82) is 0 Å². The lowest BCUT2D eigenvalue weighted by Crippen LogP contribution is -2.34. The number of benzene rings is 2. The van der Waals surface area contributed by atoms with Crippen molar-refractivity contribution >= 4 is 29.2 Å². The molecule has 0 spiro atoms. The number of rotatable bonds is 3. The first-order valence-electron chi connectivity index (χ1n) is 7.35. The Balaban J connectivity index is 1.75. The zero-order chi connectivity index (χ0) is 18.7. The molecule has 0 saturated carbocycles. The third-order valence-corrected chi connectivity index (χ3v) is 3.71. The van der Waals surface area contributed by atoms with Gasteiger partial charge in [0.05, 0.1) is 22.5 Å². The number of hydrogen-bond donors (Lipinski definition) is 4. The second kappa shape index (κ2) is 7.24. The number of halogens is 2. The molecule has 2 aromatic carbocycles. The van der Waals surface area contributed by atoms with Crippen LogP contribution in [0.25, 0.3) is 11.4 Å².